The van der Waals surface area contributed by atoms with Gasteiger partial charge in [-0.05, 0) is 47.2 Å². The van der Waals surface area contributed by atoms with E-state index >= 15 is 0 Å². The number of hydrogen-bond donors (Lipinski definition) is 1. The molecule has 0 unspecified atom stereocenters. The van der Waals surface area contributed by atoms with Gasteiger partial charge in [-0.3, -0.25) is 4.79 Å². The number of benzene rings is 3. The lowest BCUT2D eigenvalue weighted by molar-refractivity contribution is 0.466. The summed E-state index contributed by atoms with van der Waals surface area (Å²) in [7, 11) is 0. The van der Waals surface area contributed by atoms with Crippen LogP contribution >= 0.6 is 0 Å². The summed E-state index contributed by atoms with van der Waals surface area (Å²) in [5, 5.41) is 14.9. The Morgan fingerprint density at radius 1 is 0.812 bits per heavy atom. The molecule has 3 aromatic carbocycles. The maximum atomic E-state index is 12.7. The third kappa shape index (κ3) is 4.00. The van der Waals surface area contributed by atoms with E-state index in [0.29, 0.717) is 12.3 Å². The van der Waals surface area contributed by atoms with Gasteiger partial charge in [-0.2, -0.15) is 5.10 Å². The first-order valence-electron chi connectivity index (χ1n) is 10.9. The van der Waals surface area contributed by atoms with Gasteiger partial charge in [0.25, 0.3) is 5.56 Å². The minimum Gasteiger partial charge on any atom is -0.508 e. The van der Waals surface area contributed by atoms with Crippen molar-refractivity contribution in [2.24, 2.45) is 0 Å². The van der Waals surface area contributed by atoms with E-state index < -0.39 is 0 Å². The number of rotatable bonds is 5. The van der Waals surface area contributed by atoms with Gasteiger partial charge >= 0.3 is 0 Å². The lowest BCUT2D eigenvalue weighted by atomic mass is 9.88. The summed E-state index contributed by atoms with van der Waals surface area (Å²) in [5.74, 6) is 0.283. The molecule has 4 aromatic rings. The number of phenolic OH excluding ortho intramolecular Hbond substituents is 1. The largest absolute Gasteiger partial charge is 0.508 e. The molecule has 1 aromatic heterocycles. The zero-order chi connectivity index (χ0) is 21.9. The van der Waals surface area contributed by atoms with Crippen LogP contribution in [0.25, 0.3) is 6.08 Å². The van der Waals surface area contributed by atoms with E-state index in [2.05, 4.69) is 30.3 Å². The summed E-state index contributed by atoms with van der Waals surface area (Å²) < 4.78 is 1.56. The second kappa shape index (κ2) is 8.67. The Bertz CT molecular complexity index is 1290. The summed E-state index contributed by atoms with van der Waals surface area (Å²) in [4.78, 5) is 12.7. The number of fused-ring (bicyclic) bond motifs is 1. The molecule has 0 fully saturated rings. The number of aromatic hydroxyl groups is 1. The monoisotopic (exact) mass is 420 g/mol. The zero-order valence-electron chi connectivity index (χ0n) is 17.7. The van der Waals surface area contributed by atoms with Gasteiger partial charge in [0.05, 0.1) is 18.2 Å². The van der Waals surface area contributed by atoms with Crippen LogP contribution in [0.1, 0.15) is 40.3 Å². The van der Waals surface area contributed by atoms with E-state index in [9.17, 15) is 9.90 Å². The normalized spacial score (nSPS) is 13.0. The van der Waals surface area contributed by atoms with Crippen LogP contribution in [-0.4, -0.2) is 14.9 Å². The van der Waals surface area contributed by atoms with E-state index in [4.69, 9.17) is 5.10 Å². The molecule has 0 spiro atoms. The fourth-order valence-electron chi connectivity index (χ4n) is 4.45. The first kappa shape index (κ1) is 20.0. The summed E-state index contributed by atoms with van der Waals surface area (Å²) in [5.41, 5.74) is 6.12. The highest BCUT2D eigenvalue weighted by Gasteiger charge is 2.20. The molecular weight excluding hydrogens is 396 g/mol. The van der Waals surface area contributed by atoms with Crippen molar-refractivity contribution < 1.29 is 5.11 Å². The highest BCUT2D eigenvalue weighted by atomic mass is 16.3. The van der Waals surface area contributed by atoms with Crippen LogP contribution in [0.3, 0.4) is 0 Å². The second-order valence-corrected chi connectivity index (χ2v) is 8.16. The Hall–Kier alpha value is -3.92. The Labute approximate surface area is 187 Å². The molecule has 0 bridgehead atoms. The van der Waals surface area contributed by atoms with E-state index in [-0.39, 0.29) is 11.5 Å². The van der Waals surface area contributed by atoms with Crippen LogP contribution in [0.4, 0.5) is 0 Å². The van der Waals surface area contributed by atoms with Gasteiger partial charge in [-0.25, -0.2) is 4.68 Å². The molecule has 1 aliphatic carbocycles. The molecule has 0 saturated heterocycles. The maximum Gasteiger partial charge on any atom is 0.267 e. The molecule has 0 amide bonds. The average Bonchev–Trinajstić information content (AvgIpc) is 2.83. The van der Waals surface area contributed by atoms with Crippen molar-refractivity contribution in [1.29, 1.82) is 0 Å². The molecule has 158 valence electrons. The lowest BCUT2D eigenvalue weighted by Gasteiger charge is -2.20. The average molecular weight is 421 g/mol. The van der Waals surface area contributed by atoms with Crippen molar-refractivity contribution in [3.05, 3.63) is 135 Å². The van der Waals surface area contributed by atoms with Crippen LogP contribution in [0.5, 0.6) is 5.75 Å². The highest BCUT2D eigenvalue weighted by Crippen LogP contribution is 2.32. The highest BCUT2D eigenvalue weighted by molar-refractivity contribution is 5.62. The topological polar surface area (TPSA) is 55.1 Å². The first-order chi connectivity index (χ1) is 15.7. The molecule has 1 N–H and O–H groups in total. The molecular formula is C28H24N2O2. The summed E-state index contributed by atoms with van der Waals surface area (Å²) in [6.45, 7) is 0.443. The fraction of sp³-hybridized carbons (Fsp3) is 0.143. The number of allylic oxidation sites excluding steroid dienone is 1. The smallest absolute Gasteiger partial charge is 0.267 e. The lowest BCUT2D eigenvalue weighted by Crippen LogP contribution is -2.25. The molecule has 0 aliphatic heterocycles. The summed E-state index contributed by atoms with van der Waals surface area (Å²) >= 11 is 0. The maximum absolute atomic E-state index is 12.7. The second-order valence-electron chi connectivity index (χ2n) is 8.16. The molecule has 4 heteroatoms. The number of hydrogen-bond acceptors (Lipinski definition) is 3. The van der Waals surface area contributed by atoms with Crippen molar-refractivity contribution in [3.8, 4) is 5.75 Å². The van der Waals surface area contributed by atoms with Gasteiger partial charge in [0, 0.05) is 11.6 Å². The Kier molecular flexibility index (Phi) is 5.42. The number of nitrogens with zero attached hydrogens (tertiary/aromatic N) is 2. The molecule has 32 heavy (non-hydrogen) atoms. The molecule has 0 atom stereocenters. The molecule has 5 rings (SSSR count). The molecule has 0 radical (unpaired) electrons. The fourth-order valence-corrected chi connectivity index (χ4v) is 4.45. The van der Waals surface area contributed by atoms with Gasteiger partial charge in [0.15, 0.2) is 0 Å². The molecule has 0 saturated carbocycles. The van der Waals surface area contributed by atoms with Crippen LogP contribution in [0.2, 0.25) is 0 Å². The molecule has 1 heterocycles. The van der Waals surface area contributed by atoms with Gasteiger partial charge < -0.3 is 5.11 Å². The van der Waals surface area contributed by atoms with Crippen molar-refractivity contribution >= 4 is 6.08 Å². The SMILES string of the molecule is O=c1ccc(C(c2ccccc2)c2ccccc2)nn1CC1=Cc2cccc(O)c2CC1. The zero-order valence-corrected chi connectivity index (χ0v) is 17.7. The van der Waals surface area contributed by atoms with Gasteiger partial charge in [0.1, 0.15) is 5.75 Å². The Morgan fingerprint density at radius 3 is 2.19 bits per heavy atom. The standard InChI is InChI=1S/C28H24N2O2/c31-26-13-7-12-23-18-20(14-15-24(23)26)19-30-27(32)17-16-25(29-30)28(21-8-3-1-4-9-21)22-10-5-2-6-11-22/h1-13,16-18,28,31H,14-15,19H2. The van der Waals surface area contributed by atoms with Crippen LogP contribution in [0.15, 0.2) is 101 Å². The number of aromatic nitrogens is 2. The Balaban J connectivity index is 1.53. The Morgan fingerprint density at radius 2 is 1.50 bits per heavy atom. The predicted octanol–water partition coefficient (Wildman–Crippen LogP) is 5.16. The van der Waals surface area contributed by atoms with Crippen molar-refractivity contribution in [3.63, 3.8) is 0 Å². The van der Waals surface area contributed by atoms with Crippen LogP contribution in [0, 0.1) is 0 Å². The number of phenols is 1. The quantitative estimate of drug-likeness (QED) is 0.485. The third-order valence-corrected chi connectivity index (χ3v) is 6.04. The minimum atomic E-state index is -0.115. The predicted molar refractivity (Wildman–Crippen MR) is 127 cm³/mol. The van der Waals surface area contributed by atoms with Gasteiger partial charge in [-0.15, -0.1) is 0 Å². The summed E-state index contributed by atoms with van der Waals surface area (Å²) in [6.07, 6.45) is 3.63. The van der Waals surface area contributed by atoms with Crippen molar-refractivity contribution in [2.75, 3.05) is 0 Å². The first-order valence-corrected chi connectivity index (χ1v) is 10.9. The van der Waals surface area contributed by atoms with E-state index in [1.165, 1.54) is 0 Å². The van der Waals surface area contributed by atoms with Crippen molar-refractivity contribution in [2.45, 2.75) is 25.3 Å². The van der Waals surface area contributed by atoms with E-state index in [1.54, 1.807) is 16.8 Å². The van der Waals surface area contributed by atoms with E-state index in [1.807, 2.05) is 54.6 Å². The van der Waals surface area contributed by atoms with Gasteiger partial charge in [-0.1, -0.05) is 78.9 Å². The third-order valence-electron chi connectivity index (χ3n) is 6.04. The minimum absolute atomic E-state index is 0.0535. The van der Waals surface area contributed by atoms with Crippen LogP contribution < -0.4 is 5.56 Å². The van der Waals surface area contributed by atoms with Crippen molar-refractivity contribution in [1.82, 2.24) is 9.78 Å². The van der Waals surface area contributed by atoms with Gasteiger partial charge in [0.2, 0.25) is 0 Å². The molecule has 4 nitrogen and oxygen atoms in total. The van der Waals surface area contributed by atoms with Crippen LogP contribution in [-0.2, 0) is 13.0 Å². The summed E-state index contributed by atoms with van der Waals surface area (Å²) in [6, 6.07) is 29.6. The molecule has 1 aliphatic rings. The van der Waals surface area contributed by atoms with E-state index in [0.717, 1.165) is 46.4 Å².